The van der Waals surface area contributed by atoms with E-state index in [1.165, 1.54) is 47.7 Å². The van der Waals surface area contributed by atoms with E-state index in [1.54, 1.807) is 0 Å². The van der Waals surface area contributed by atoms with Crippen molar-refractivity contribution in [2.45, 2.75) is 71.3 Å². The Kier molecular flexibility index (Phi) is 3.93. The van der Waals surface area contributed by atoms with E-state index in [2.05, 4.69) is 20.8 Å². The van der Waals surface area contributed by atoms with Gasteiger partial charge in [-0.25, -0.2) is 4.98 Å². The molecular weight excluding hydrogens is 264 g/mol. The van der Waals surface area contributed by atoms with Gasteiger partial charge in [-0.15, -0.1) is 11.3 Å². The molecule has 0 amide bonds. The van der Waals surface area contributed by atoms with Gasteiger partial charge in [0.05, 0.1) is 11.2 Å². The first-order valence-corrected chi connectivity index (χ1v) is 9.07. The van der Waals surface area contributed by atoms with Crippen LogP contribution < -0.4 is 5.73 Å². The van der Waals surface area contributed by atoms with Crippen molar-refractivity contribution in [1.82, 2.24) is 4.98 Å². The second kappa shape index (κ2) is 5.42. The maximum absolute atomic E-state index is 6.73. The zero-order valence-electron chi connectivity index (χ0n) is 13.1. The molecule has 0 saturated heterocycles. The summed E-state index contributed by atoms with van der Waals surface area (Å²) in [6.45, 7) is 7.04. The average Bonchev–Trinajstić information content (AvgIpc) is 2.81. The summed E-state index contributed by atoms with van der Waals surface area (Å²) in [6.07, 6.45) is 8.54. The molecule has 2 aliphatic rings. The highest BCUT2D eigenvalue weighted by Crippen LogP contribution is 2.42. The lowest BCUT2D eigenvalue weighted by Gasteiger charge is -2.35. The third-order valence-corrected chi connectivity index (χ3v) is 6.72. The highest BCUT2D eigenvalue weighted by Gasteiger charge is 2.37. The zero-order valence-corrected chi connectivity index (χ0v) is 13.9. The summed E-state index contributed by atoms with van der Waals surface area (Å²) in [5.74, 6) is 2.38. The van der Waals surface area contributed by atoms with Gasteiger partial charge in [0, 0.05) is 4.88 Å². The summed E-state index contributed by atoms with van der Waals surface area (Å²) in [7, 11) is 0. The lowest BCUT2D eigenvalue weighted by Crippen LogP contribution is -2.40. The van der Waals surface area contributed by atoms with Crippen LogP contribution in [0, 0.1) is 17.8 Å². The van der Waals surface area contributed by atoms with Crippen molar-refractivity contribution in [2.24, 2.45) is 23.5 Å². The fourth-order valence-electron chi connectivity index (χ4n) is 3.97. The second-order valence-electron chi connectivity index (χ2n) is 7.49. The first-order valence-electron chi connectivity index (χ1n) is 8.26. The molecule has 2 nitrogen and oxygen atoms in total. The molecule has 1 aromatic rings. The number of nitrogens with zero attached hydrogens (tertiary/aromatic N) is 1. The molecule has 0 aliphatic heterocycles. The van der Waals surface area contributed by atoms with E-state index >= 15 is 0 Å². The molecule has 0 radical (unpaired) electrons. The van der Waals surface area contributed by atoms with Crippen LogP contribution in [0.25, 0.3) is 0 Å². The minimum Gasteiger partial charge on any atom is -0.319 e. The minimum atomic E-state index is -0.132. The number of hydrogen-bond donors (Lipinski definition) is 1. The van der Waals surface area contributed by atoms with Crippen LogP contribution in [0.1, 0.15) is 68.5 Å². The predicted molar refractivity (Wildman–Crippen MR) is 86.0 cm³/mol. The first kappa shape index (κ1) is 14.5. The van der Waals surface area contributed by atoms with Crippen LogP contribution in [0.5, 0.6) is 0 Å². The first-order chi connectivity index (χ1) is 9.48. The van der Waals surface area contributed by atoms with Crippen molar-refractivity contribution in [1.29, 1.82) is 0 Å². The molecule has 0 bridgehead atoms. The Morgan fingerprint density at radius 3 is 2.85 bits per heavy atom. The molecule has 3 unspecified atom stereocenters. The van der Waals surface area contributed by atoms with E-state index in [-0.39, 0.29) is 5.54 Å². The van der Waals surface area contributed by atoms with E-state index in [0.717, 1.165) is 30.6 Å². The smallest absolute Gasteiger partial charge is 0.113 e. The van der Waals surface area contributed by atoms with E-state index < -0.39 is 0 Å². The van der Waals surface area contributed by atoms with Crippen molar-refractivity contribution in [3.8, 4) is 0 Å². The van der Waals surface area contributed by atoms with E-state index in [9.17, 15) is 0 Å². The van der Waals surface area contributed by atoms with Crippen molar-refractivity contribution < 1.29 is 0 Å². The summed E-state index contributed by atoms with van der Waals surface area (Å²) in [5.41, 5.74) is 7.96. The number of hydrogen-bond acceptors (Lipinski definition) is 3. The van der Waals surface area contributed by atoms with Gasteiger partial charge in [0.25, 0.3) is 0 Å². The number of aromatic nitrogens is 1. The third kappa shape index (κ3) is 2.67. The summed E-state index contributed by atoms with van der Waals surface area (Å²) >= 11 is 1.93. The van der Waals surface area contributed by atoms with Gasteiger partial charge in [-0.3, -0.25) is 0 Å². The molecule has 2 aliphatic carbocycles. The molecule has 1 aromatic heterocycles. The van der Waals surface area contributed by atoms with Gasteiger partial charge in [0.15, 0.2) is 0 Å². The maximum Gasteiger partial charge on any atom is 0.113 e. The van der Waals surface area contributed by atoms with Crippen LogP contribution in [-0.2, 0) is 18.4 Å². The molecule has 1 saturated carbocycles. The lowest BCUT2D eigenvalue weighted by atomic mass is 9.77. The third-order valence-electron chi connectivity index (χ3n) is 5.38. The van der Waals surface area contributed by atoms with E-state index in [0.29, 0.717) is 0 Å². The highest BCUT2D eigenvalue weighted by molar-refractivity contribution is 7.11. The lowest BCUT2D eigenvalue weighted by molar-refractivity contribution is 0.238. The van der Waals surface area contributed by atoms with Crippen LogP contribution in [0.2, 0.25) is 0 Å². The Morgan fingerprint density at radius 2 is 2.15 bits per heavy atom. The topological polar surface area (TPSA) is 38.9 Å². The Hall–Kier alpha value is -0.410. The predicted octanol–water partition coefficient (Wildman–Crippen LogP) is 4.27. The standard InChI is InChI=1S/C17H28N2S/c1-11(2)13-6-7-14-15(9-13)20-16(19-14)17(18)8-4-5-12(3)10-17/h11-13H,4-10,18H2,1-3H3. The van der Waals surface area contributed by atoms with Crippen LogP contribution in [0.4, 0.5) is 0 Å². The Morgan fingerprint density at radius 1 is 1.35 bits per heavy atom. The van der Waals surface area contributed by atoms with Gasteiger partial charge in [-0.2, -0.15) is 0 Å². The summed E-state index contributed by atoms with van der Waals surface area (Å²) in [6, 6.07) is 0. The molecule has 112 valence electrons. The number of nitrogens with two attached hydrogens (primary N) is 1. The van der Waals surface area contributed by atoms with Crippen molar-refractivity contribution in [3.05, 3.63) is 15.6 Å². The molecule has 20 heavy (non-hydrogen) atoms. The molecular formula is C17H28N2S. The largest absolute Gasteiger partial charge is 0.319 e. The SMILES string of the molecule is CC1CCCC(N)(c2nc3c(s2)CC(C(C)C)CC3)C1. The van der Waals surface area contributed by atoms with Gasteiger partial charge in [0.2, 0.25) is 0 Å². The van der Waals surface area contributed by atoms with Crippen molar-refractivity contribution >= 4 is 11.3 Å². The Bertz CT molecular complexity index is 479. The van der Waals surface area contributed by atoms with Gasteiger partial charge in [-0.1, -0.05) is 33.6 Å². The molecule has 3 rings (SSSR count). The van der Waals surface area contributed by atoms with Crippen LogP contribution in [0.15, 0.2) is 0 Å². The zero-order chi connectivity index (χ0) is 14.3. The quantitative estimate of drug-likeness (QED) is 0.884. The van der Waals surface area contributed by atoms with Gasteiger partial charge >= 0.3 is 0 Å². The van der Waals surface area contributed by atoms with E-state index in [4.69, 9.17) is 10.7 Å². The number of aryl methyl sites for hydroxylation is 1. The summed E-state index contributed by atoms with van der Waals surface area (Å²) < 4.78 is 0. The normalized spacial score (nSPS) is 34.2. The maximum atomic E-state index is 6.73. The number of rotatable bonds is 2. The molecule has 1 heterocycles. The van der Waals surface area contributed by atoms with Crippen molar-refractivity contribution in [3.63, 3.8) is 0 Å². The molecule has 1 fully saturated rings. The second-order valence-corrected chi connectivity index (χ2v) is 8.58. The minimum absolute atomic E-state index is 0.132. The molecule has 3 heteroatoms. The highest BCUT2D eigenvalue weighted by atomic mass is 32.1. The van der Waals surface area contributed by atoms with Gasteiger partial charge < -0.3 is 5.73 Å². The summed E-state index contributed by atoms with van der Waals surface area (Å²) in [5, 5.41) is 1.23. The van der Waals surface area contributed by atoms with Crippen LogP contribution in [-0.4, -0.2) is 4.98 Å². The number of thiazole rings is 1. The molecule has 0 spiro atoms. The van der Waals surface area contributed by atoms with E-state index in [1.807, 2.05) is 11.3 Å². The van der Waals surface area contributed by atoms with Crippen molar-refractivity contribution in [2.75, 3.05) is 0 Å². The van der Waals surface area contributed by atoms with Gasteiger partial charge in [-0.05, 0) is 49.9 Å². The Labute approximate surface area is 127 Å². The average molecular weight is 292 g/mol. The molecule has 0 aromatic carbocycles. The van der Waals surface area contributed by atoms with Crippen LogP contribution in [0.3, 0.4) is 0 Å². The monoisotopic (exact) mass is 292 g/mol. The molecule has 3 atom stereocenters. The fraction of sp³-hybridized carbons (Fsp3) is 0.824. The summed E-state index contributed by atoms with van der Waals surface area (Å²) in [4.78, 5) is 6.50. The van der Waals surface area contributed by atoms with Gasteiger partial charge in [0.1, 0.15) is 5.01 Å². The fourth-order valence-corrected chi connectivity index (χ4v) is 5.31. The molecule has 2 N–H and O–H groups in total. The number of fused-ring (bicyclic) bond motifs is 1. The van der Waals surface area contributed by atoms with Crippen LogP contribution >= 0.6 is 11.3 Å². The Balaban J connectivity index is 1.83.